The van der Waals surface area contributed by atoms with Crippen LogP contribution in [0.1, 0.15) is 17.1 Å². The van der Waals surface area contributed by atoms with E-state index in [1.807, 2.05) is 12.1 Å². The highest BCUT2D eigenvalue weighted by molar-refractivity contribution is 7.99. The first-order valence-electron chi connectivity index (χ1n) is 5.80. The van der Waals surface area contributed by atoms with E-state index in [1.54, 1.807) is 30.2 Å². The molecule has 0 aliphatic heterocycles. The zero-order valence-corrected chi connectivity index (χ0v) is 12.1. The van der Waals surface area contributed by atoms with Crippen LogP contribution in [0.2, 0.25) is 0 Å². The van der Waals surface area contributed by atoms with Gasteiger partial charge < -0.3 is 10.5 Å². The molecule has 0 fully saturated rings. The van der Waals surface area contributed by atoms with Crippen LogP contribution in [0.5, 0.6) is 5.75 Å². The lowest BCUT2D eigenvalue weighted by Crippen LogP contribution is -2.21. The van der Waals surface area contributed by atoms with E-state index in [9.17, 15) is 0 Å². The Morgan fingerprint density at radius 3 is 2.44 bits per heavy atom. The van der Waals surface area contributed by atoms with E-state index in [0.717, 1.165) is 5.75 Å². The highest BCUT2D eigenvalue weighted by atomic mass is 32.2. The van der Waals surface area contributed by atoms with Crippen molar-refractivity contribution in [2.45, 2.75) is 23.1 Å². The molecule has 1 aromatic carbocycles. The molecule has 2 aromatic rings. The predicted molar refractivity (Wildman–Crippen MR) is 79.6 cm³/mol. The second kappa shape index (κ2) is 6.27. The van der Waals surface area contributed by atoms with Crippen molar-refractivity contribution in [3.8, 4) is 5.75 Å². The van der Waals surface area contributed by atoms with Gasteiger partial charge >= 0.3 is 0 Å². The first-order chi connectivity index (χ1) is 8.70. The van der Waals surface area contributed by atoms with Crippen molar-refractivity contribution in [1.29, 1.82) is 0 Å². The summed E-state index contributed by atoms with van der Waals surface area (Å²) in [5.74, 6) is 0.882. The third kappa shape index (κ3) is 3.28. The Kier molecular flexibility index (Phi) is 4.69. The first-order valence-corrected chi connectivity index (χ1v) is 7.56. The normalized spacial score (nSPS) is 14.2. The molecular formula is C14H17NOS2. The SMILES string of the molecule is COc1ccc(SC(c2cccs2)C(C)N)cc1. The molecule has 2 N–H and O–H groups in total. The molecule has 0 radical (unpaired) electrons. The summed E-state index contributed by atoms with van der Waals surface area (Å²) in [6.45, 7) is 2.06. The molecule has 0 aliphatic carbocycles. The van der Waals surface area contributed by atoms with Gasteiger partial charge in [-0.1, -0.05) is 6.07 Å². The summed E-state index contributed by atoms with van der Waals surface area (Å²) in [7, 11) is 1.68. The average molecular weight is 279 g/mol. The van der Waals surface area contributed by atoms with Gasteiger partial charge in [0.1, 0.15) is 5.75 Å². The number of ether oxygens (including phenoxy) is 1. The summed E-state index contributed by atoms with van der Waals surface area (Å²) in [5.41, 5.74) is 6.09. The molecule has 96 valence electrons. The Balaban J connectivity index is 2.13. The Morgan fingerprint density at radius 1 is 1.22 bits per heavy atom. The van der Waals surface area contributed by atoms with Crippen LogP contribution in [0.3, 0.4) is 0 Å². The summed E-state index contributed by atoms with van der Waals surface area (Å²) < 4.78 is 5.16. The van der Waals surface area contributed by atoms with E-state index in [0.29, 0.717) is 5.25 Å². The third-order valence-electron chi connectivity index (χ3n) is 2.62. The van der Waals surface area contributed by atoms with Gasteiger partial charge in [-0.15, -0.1) is 23.1 Å². The fourth-order valence-corrected chi connectivity index (χ4v) is 3.81. The average Bonchev–Trinajstić information content (AvgIpc) is 2.90. The summed E-state index contributed by atoms with van der Waals surface area (Å²) in [6, 6.07) is 12.5. The number of hydrogen-bond donors (Lipinski definition) is 1. The molecule has 2 atom stereocenters. The van der Waals surface area contributed by atoms with E-state index < -0.39 is 0 Å². The quantitative estimate of drug-likeness (QED) is 0.842. The van der Waals surface area contributed by atoms with Crippen molar-refractivity contribution in [2.75, 3.05) is 7.11 Å². The van der Waals surface area contributed by atoms with Gasteiger partial charge in [-0.25, -0.2) is 0 Å². The van der Waals surface area contributed by atoms with Crippen molar-refractivity contribution in [3.63, 3.8) is 0 Å². The van der Waals surface area contributed by atoms with E-state index in [2.05, 4.69) is 36.6 Å². The van der Waals surface area contributed by atoms with Crippen molar-refractivity contribution in [3.05, 3.63) is 46.7 Å². The van der Waals surface area contributed by atoms with Gasteiger partial charge in [-0.2, -0.15) is 0 Å². The maximum Gasteiger partial charge on any atom is 0.118 e. The molecule has 2 rings (SSSR count). The van der Waals surface area contributed by atoms with Crippen molar-refractivity contribution >= 4 is 23.1 Å². The zero-order chi connectivity index (χ0) is 13.0. The second-order valence-corrected chi connectivity index (χ2v) is 6.28. The molecular weight excluding hydrogens is 262 g/mol. The van der Waals surface area contributed by atoms with Gasteiger partial charge in [0.2, 0.25) is 0 Å². The van der Waals surface area contributed by atoms with Crippen LogP contribution in [0.4, 0.5) is 0 Å². The lowest BCUT2D eigenvalue weighted by molar-refractivity contribution is 0.414. The molecule has 1 aromatic heterocycles. The molecule has 2 unspecified atom stereocenters. The number of nitrogens with two attached hydrogens (primary N) is 1. The van der Waals surface area contributed by atoms with Crippen molar-refractivity contribution in [2.24, 2.45) is 5.73 Å². The third-order valence-corrected chi connectivity index (χ3v) is 5.21. The zero-order valence-electron chi connectivity index (χ0n) is 10.5. The number of thiophene rings is 1. The lowest BCUT2D eigenvalue weighted by Gasteiger charge is -2.19. The van der Waals surface area contributed by atoms with E-state index in [1.165, 1.54) is 9.77 Å². The van der Waals surface area contributed by atoms with Gasteiger partial charge in [0.05, 0.1) is 12.4 Å². The topological polar surface area (TPSA) is 35.2 Å². The van der Waals surface area contributed by atoms with Crippen LogP contribution >= 0.6 is 23.1 Å². The Morgan fingerprint density at radius 2 is 1.94 bits per heavy atom. The Hall–Kier alpha value is -0.970. The van der Waals surface area contributed by atoms with E-state index >= 15 is 0 Å². The highest BCUT2D eigenvalue weighted by Gasteiger charge is 2.18. The summed E-state index contributed by atoms with van der Waals surface area (Å²) in [5, 5.41) is 2.40. The smallest absolute Gasteiger partial charge is 0.118 e. The number of thioether (sulfide) groups is 1. The number of benzene rings is 1. The van der Waals surface area contributed by atoms with Crippen molar-refractivity contribution in [1.82, 2.24) is 0 Å². The van der Waals surface area contributed by atoms with Crippen LogP contribution in [0, 0.1) is 0 Å². The van der Waals surface area contributed by atoms with Gasteiger partial charge in [-0.05, 0) is 42.6 Å². The first kappa shape index (κ1) is 13.5. The molecule has 2 nitrogen and oxygen atoms in total. The van der Waals surface area contributed by atoms with Gasteiger partial charge in [0, 0.05) is 15.8 Å². The summed E-state index contributed by atoms with van der Waals surface area (Å²) in [6.07, 6.45) is 0. The van der Waals surface area contributed by atoms with E-state index in [-0.39, 0.29) is 6.04 Å². The minimum atomic E-state index is 0.121. The molecule has 18 heavy (non-hydrogen) atoms. The number of rotatable bonds is 5. The van der Waals surface area contributed by atoms with Gasteiger partial charge in [0.25, 0.3) is 0 Å². The standard InChI is InChI=1S/C14H17NOS2/c1-10(15)14(13-4-3-9-17-13)18-12-7-5-11(16-2)6-8-12/h3-10,14H,15H2,1-2H3. The molecule has 0 saturated carbocycles. The molecule has 4 heteroatoms. The molecule has 0 aliphatic rings. The summed E-state index contributed by atoms with van der Waals surface area (Å²) >= 11 is 3.56. The molecule has 0 amide bonds. The predicted octanol–water partition coefficient (Wildman–Crippen LogP) is 3.94. The maximum absolute atomic E-state index is 6.09. The highest BCUT2D eigenvalue weighted by Crippen LogP contribution is 2.39. The largest absolute Gasteiger partial charge is 0.497 e. The molecule has 0 spiro atoms. The lowest BCUT2D eigenvalue weighted by atomic mass is 10.2. The fourth-order valence-electron chi connectivity index (χ4n) is 1.68. The van der Waals surface area contributed by atoms with Crippen LogP contribution < -0.4 is 10.5 Å². The minimum Gasteiger partial charge on any atom is -0.497 e. The van der Waals surface area contributed by atoms with Crippen LogP contribution in [0.25, 0.3) is 0 Å². The summed E-state index contributed by atoms with van der Waals surface area (Å²) in [4.78, 5) is 2.54. The molecule has 0 saturated heterocycles. The van der Waals surface area contributed by atoms with Gasteiger partial charge in [-0.3, -0.25) is 0 Å². The van der Waals surface area contributed by atoms with Crippen LogP contribution in [-0.2, 0) is 0 Å². The maximum atomic E-state index is 6.09. The minimum absolute atomic E-state index is 0.121. The van der Waals surface area contributed by atoms with Gasteiger partial charge in [0.15, 0.2) is 0 Å². The van der Waals surface area contributed by atoms with Crippen LogP contribution in [-0.4, -0.2) is 13.2 Å². The number of methoxy groups -OCH3 is 1. The fraction of sp³-hybridized carbons (Fsp3) is 0.286. The molecule has 1 heterocycles. The molecule has 0 bridgehead atoms. The van der Waals surface area contributed by atoms with Crippen molar-refractivity contribution < 1.29 is 4.74 Å². The van der Waals surface area contributed by atoms with Crippen LogP contribution in [0.15, 0.2) is 46.7 Å². The second-order valence-electron chi connectivity index (χ2n) is 4.09. The number of hydrogen-bond acceptors (Lipinski definition) is 4. The Bertz CT molecular complexity index is 465. The Labute approximate surface area is 116 Å². The van der Waals surface area contributed by atoms with E-state index in [4.69, 9.17) is 10.5 Å². The monoisotopic (exact) mass is 279 g/mol.